The molecule has 0 unspecified atom stereocenters. The van der Waals surface area contributed by atoms with Gasteiger partial charge in [0.05, 0.1) is 9.21 Å². The monoisotopic (exact) mass is 359 g/mol. The topological polar surface area (TPSA) is 84.7 Å². The van der Waals surface area contributed by atoms with Crippen LogP contribution in [0.1, 0.15) is 36.9 Å². The minimum absolute atomic E-state index is 0.137. The maximum atomic E-state index is 12.3. The number of carbonyl (C=O) groups excluding carboxylic acids is 2. The van der Waals surface area contributed by atoms with Crippen molar-refractivity contribution in [2.45, 2.75) is 44.9 Å². The Morgan fingerprint density at radius 1 is 1.48 bits per heavy atom. The van der Waals surface area contributed by atoms with E-state index in [1.54, 1.807) is 17.0 Å². The highest BCUT2D eigenvalue weighted by atomic mass is 35.5. The number of carbonyl (C=O) groups is 2. The van der Waals surface area contributed by atoms with Crippen molar-refractivity contribution in [2.24, 2.45) is 5.73 Å². The maximum Gasteiger partial charge on any atom is 0.410 e. The van der Waals surface area contributed by atoms with Crippen molar-refractivity contribution < 1.29 is 14.3 Å². The molecule has 0 aromatic carbocycles. The highest BCUT2D eigenvalue weighted by Gasteiger charge is 2.37. The van der Waals surface area contributed by atoms with Crippen LogP contribution in [0.2, 0.25) is 4.34 Å². The third-order valence-electron chi connectivity index (χ3n) is 3.45. The van der Waals surface area contributed by atoms with E-state index in [0.29, 0.717) is 28.7 Å². The highest BCUT2D eigenvalue weighted by Crippen LogP contribution is 2.24. The Bertz CT molecular complexity index is 585. The van der Waals surface area contributed by atoms with Crippen molar-refractivity contribution in [3.05, 3.63) is 21.3 Å². The van der Waals surface area contributed by atoms with E-state index in [-0.39, 0.29) is 18.0 Å². The van der Waals surface area contributed by atoms with Crippen molar-refractivity contribution in [1.82, 2.24) is 10.2 Å². The summed E-state index contributed by atoms with van der Waals surface area (Å²) < 4.78 is 5.96. The average Bonchev–Trinajstić information content (AvgIpc) is 3.03. The number of hydrogen-bond donors (Lipinski definition) is 2. The minimum Gasteiger partial charge on any atom is -0.444 e. The number of likely N-dealkylation sites (tertiary alicyclic amines) is 1. The van der Waals surface area contributed by atoms with Gasteiger partial charge in [0, 0.05) is 25.2 Å². The third-order valence-corrected chi connectivity index (χ3v) is 4.68. The van der Waals surface area contributed by atoms with Crippen LogP contribution in [-0.4, -0.2) is 47.7 Å². The molecule has 6 nitrogen and oxygen atoms in total. The number of nitrogens with one attached hydrogen (secondary N) is 1. The molecule has 8 heteroatoms. The molecule has 0 saturated carbocycles. The van der Waals surface area contributed by atoms with E-state index in [9.17, 15) is 9.59 Å². The van der Waals surface area contributed by atoms with Gasteiger partial charge in [0.25, 0.3) is 5.91 Å². The van der Waals surface area contributed by atoms with Gasteiger partial charge in [-0.3, -0.25) is 4.79 Å². The lowest BCUT2D eigenvalue weighted by molar-refractivity contribution is 0.0228. The van der Waals surface area contributed by atoms with E-state index in [1.807, 2.05) is 20.8 Å². The number of hydrogen-bond acceptors (Lipinski definition) is 5. The fourth-order valence-electron chi connectivity index (χ4n) is 2.48. The van der Waals surface area contributed by atoms with E-state index in [4.69, 9.17) is 22.1 Å². The van der Waals surface area contributed by atoms with Gasteiger partial charge in [0.15, 0.2) is 0 Å². The van der Waals surface area contributed by atoms with Gasteiger partial charge in [-0.1, -0.05) is 11.6 Å². The molecular weight excluding hydrogens is 338 g/mol. The lowest BCUT2D eigenvalue weighted by Crippen LogP contribution is -2.43. The summed E-state index contributed by atoms with van der Waals surface area (Å²) >= 11 is 7.07. The summed E-state index contributed by atoms with van der Waals surface area (Å²) in [5.41, 5.74) is 5.19. The molecule has 1 aliphatic heterocycles. The second kappa shape index (κ2) is 7.07. The van der Waals surface area contributed by atoms with Crippen LogP contribution in [0, 0.1) is 0 Å². The Morgan fingerprint density at radius 2 is 2.17 bits per heavy atom. The maximum absolute atomic E-state index is 12.3. The first-order valence-corrected chi connectivity index (χ1v) is 8.65. The van der Waals surface area contributed by atoms with Gasteiger partial charge in [-0.2, -0.15) is 0 Å². The smallest absolute Gasteiger partial charge is 0.410 e. The van der Waals surface area contributed by atoms with Crippen LogP contribution in [0.5, 0.6) is 0 Å². The largest absolute Gasteiger partial charge is 0.444 e. The molecule has 3 N–H and O–H groups in total. The molecule has 1 aromatic heterocycles. The molecule has 1 aliphatic rings. The fraction of sp³-hybridized carbons (Fsp3) is 0.600. The molecule has 1 fully saturated rings. The molecule has 0 radical (unpaired) electrons. The Balaban J connectivity index is 1.98. The van der Waals surface area contributed by atoms with Crippen LogP contribution < -0.4 is 11.1 Å². The standard InChI is InChI=1S/C15H22ClN3O3S/c1-15(2,3)22-14(21)19-8-9(6-10(19)7-17)18-13(20)11-4-5-12(16)23-11/h4-5,9-10H,6-8,17H2,1-3H3,(H,18,20)/t9-,10+/m1/s1. The second-order valence-electron chi connectivity index (χ2n) is 6.53. The van der Waals surface area contributed by atoms with E-state index < -0.39 is 11.7 Å². The Labute approximate surface area is 144 Å². The summed E-state index contributed by atoms with van der Waals surface area (Å²) in [7, 11) is 0. The van der Waals surface area contributed by atoms with Crippen LogP contribution in [-0.2, 0) is 4.74 Å². The van der Waals surface area contributed by atoms with Gasteiger partial charge >= 0.3 is 6.09 Å². The lowest BCUT2D eigenvalue weighted by Gasteiger charge is -2.27. The number of amides is 2. The zero-order chi connectivity index (χ0) is 17.2. The van der Waals surface area contributed by atoms with Gasteiger partial charge in [0.1, 0.15) is 5.60 Å². The third kappa shape index (κ3) is 4.83. The number of nitrogens with two attached hydrogens (primary N) is 1. The van der Waals surface area contributed by atoms with Crippen LogP contribution >= 0.6 is 22.9 Å². The molecule has 0 spiro atoms. The Morgan fingerprint density at radius 3 is 2.70 bits per heavy atom. The van der Waals surface area contributed by atoms with Crippen molar-refractivity contribution >= 4 is 34.9 Å². The van der Waals surface area contributed by atoms with Gasteiger partial charge < -0.3 is 20.7 Å². The van der Waals surface area contributed by atoms with Crippen molar-refractivity contribution in [1.29, 1.82) is 0 Å². The molecule has 2 amide bonds. The predicted molar refractivity (Wildman–Crippen MR) is 91.0 cm³/mol. The van der Waals surface area contributed by atoms with Crippen molar-refractivity contribution in [3.63, 3.8) is 0 Å². The molecule has 2 heterocycles. The van der Waals surface area contributed by atoms with E-state index in [0.717, 1.165) is 0 Å². The first-order valence-electron chi connectivity index (χ1n) is 7.45. The summed E-state index contributed by atoms with van der Waals surface area (Å²) in [6.07, 6.45) is 0.212. The summed E-state index contributed by atoms with van der Waals surface area (Å²) in [6.45, 7) is 6.17. The molecule has 2 atom stereocenters. The van der Waals surface area contributed by atoms with Crippen molar-refractivity contribution in [2.75, 3.05) is 13.1 Å². The minimum atomic E-state index is -0.564. The SMILES string of the molecule is CC(C)(C)OC(=O)N1C[C@H](NC(=O)c2ccc(Cl)s2)C[C@H]1CN. The molecule has 0 aliphatic carbocycles. The molecule has 2 rings (SSSR count). The zero-order valence-corrected chi connectivity index (χ0v) is 15.0. The van der Waals surface area contributed by atoms with Gasteiger partial charge in [-0.25, -0.2) is 4.79 Å². The van der Waals surface area contributed by atoms with Gasteiger partial charge in [-0.15, -0.1) is 11.3 Å². The average molecular weight is 360 g/mol. The molecule has 0 bridgehead atoms. The van der Waals surface area contributed by atoms with Gasteiger partial charge in [-0.05, 0) is 39.3 Å². The van der Waals surface area contributed by atoms with Gasteiger partial charge in [0.2, 0.25) is 0 Å². The highest BCUT2D eigenvalue weighted by molar-refractivity contribution is 7.17. The number of nitrogens with zero attached hydrogens (tertiary/aromatic N) is 1. The Hall–Kier alpha value is -1.31. The molecular formula is C15H22ClN3O3S. The second-order valence-corrected chi connectivity index (χ2v) is 8.25. The van der Waals surface area contributed by atoms with Crippen LogP contribution in [0.15, 0.2) is 12.1 Å². The first-order chi connectivity index (χ1) is 10.7. The number of thiophene rings is 1. The summed E-state index contributed by atoms with van der Waals surface area (Å²) in [5.74, 6) is -0.186. The first kappa shape index (κ1) is 18.0. The lowest BCUT2D eigenvalue weighted by atomic mass is 10.1. The predicted octanol–water partition coefficient (Wildman–Crippen LogP) is 2.47. The number of halogens is 1. The van der Waals surface area contributed by atoms with Crippen molar-refractivity contribution in [3.8, 4) is 0 Å². The molecule has 1 aromatic rings. The number of rotatable bonds is 3. The molecule has 1 saturated heterocycles. The zero-order valence-electron chi connectivity index (χ0n) is 13.5. The number of ether oxygens (including phenoxy) is 1. The van der Waals surface area contributed by atoms with E-state index >= 15 is 0 Å². The Kier molecular flexibility index (Phi) is 5.54. The normalized spacial score (nSPS) is 21.3. The van der Waals surface area contributed by atoms with Crippen LogP contribution in [0.4, 0.5) is 4.79 Å². The summed E-state index contributed by atoms with van der Waals surface area (Å²) in [4.78, 5) is 26.6. The summed E-state index contributed by atoms with van der Waals surface area (Å²) in [6, 6.07) is 3.08. The van der Waals surface area contributed by atoms with Crippen LogP contribution in [0.3, 0.4) is 0 Å². The molecule has 128 valence electrons. The van der Waals surface area contributed by atoms with Crippen LogP contribution in [0.25, 0.3) is 0 Å². The van der Waals surface area contributed by atoms with E-state index in [1.165, 1.54) is 11.3 Å². The fourth-order valence-corrected chi connectivity index (χ4v) is 3.43. The molecule has 23 heavy (non-hydrogen) atoms. The summed E-state index contributed by atoms with van der Waals surface area (Å²) in [5, 5.41) is 2.93. The van der Waals surface area contributed by atoms with E-state index in [2.05, 4.69) is 5.32 Å². The quantitative estimate of drug-likeness (QED) is 0.868.